The van der Waals surface area contributed by atoms with Gasteiger partial charge in [-0.1, -0.05) is 6.07 Å². The quantitative estimate of drug-likeness (QED) is 0.896. The molecule has 0 saturated carbocycles. The summed E-state index contributed by atoms with van der Waals surface area (Å²) in [5.74, 6) is 0.733. The molecule has 2 rings (SSSR count). The molecule has 2 N–H and O–H groups in total. The second-order valence-corrected chi connectivity index (χ2v) is 4.13. The first-order valence-corrected chi connectivity index (χ1v) is 5.98. The van der Waals surface area contributed by atoms with E-state index in [0.29, 0.717) is 17.5 Å². The first-order chi connectivity index (χ1) is 9.17. The highest BCUT2D eigenvalue weighted by molar-refractivity contribution is 6.28. The van der Waals surface area contributed by atoms with Crippen LogP contribution in [0.15, 0.2) is 40.8 Å². The molecule has 1 amide bonds. The fraction of sp³-hybridized carbons (Fsp3) is 0.154. The highest BCUT2D eigenvalue weighted by Gasteiger charge is 2.03. The number of ether oxygens (including phenoxy) is 1. The van der Waals surface area contributed by atoms with Crippen LogP contribution in [0.2, 0.25) is 5.22 Å². The van der Waals surface area contributed by atoms with E-state index in [0.717, 1.165) is 11.4 Å². The molecule has 1 aromatic carbocycles. The van der Waals surface area contributed by atoms with Crippen LogP contribution in [-0.4, -0.2) is 13.2 Å². The van der Waals surface area contributed by atoms with E-state index < -0.39 is 6.09 Å². The molecule has 0 spiro atoms. The summed E-state index contributed by atoms with van der Waals surface area (Å²) in [5.41, 5.74) is 1.50. The topological polar surface area (TPSA) is 63.5 Å². The number of amides is 1. The summed E-state index contributed by atoms with van der Waals surface area (Å²) in [6.07, 6.45) is -0.505. The minimum atomic E-state index is -0.505. The number of hydrogen-bond acceptors (Lipinski definition) is 4. The Morgan fingerprint density at radius 1 is 1.32 bits per heavy atom. The van der Waals surface area contributed by atoms with E-state index in [2.05, 4.69) is 15.4 Å². The third kappa shape index (κ3) is 3.93. The number of hydrogen-bond donors (Lipinski definition) is 2. The number of methoxy groups -OCH3 is 1. The highest BCUT2D eigenvalue weighted by atomic mass is 35.5. The van der Waals surface area contributed by atoms with Crippen molar-refractivity contribution in [3.63, 3.8) is 0 Å². The Morgan fingerprint density at radius 3 is 2.79 bits per heavy atom. The van der Waals surface area contributed by atoms with Gasteiger partial charge in [-0.3, -0.25) is 5.32 Å². The fourth-order valence-electron chi connectivity index (χ4n) is 1.51. The van der Waals surface area contributed by atoms with Gasteiger partial charge in [0.1, 0.15) is 5.76 Å². The van der Waals surface area contributed by atoms with Crippen molar-refractivity contribution in [1.82, 2.24) is 0 Å². The van der Waals surface area contributed by atoms with E-state index in [1.54, 1.807) is 24.3 Å². The lowest BCUT2D eigenvalue weighted by Gasteiger charge is -2.07. The van der Waals surface area contributed by atoms with Gasteiger partial charge >= 0.3 is 6.09 Å². The first-order valence-electron chi connectivity index (χ1n) is 5.60. The molecule has 0 saturated heterocycles. The molecule has 0 radical (unpaired) electrons. The third-order valence-electron chi connectivity index (χ3n) is 2.39. The van der Waals surface area contributed by atoms with Crippen molar-refractivity contribution < 1.29 is 13.9 Å². The number of anilines is 2. The second kappa shape index (κ2) is 6.15. The van der Waals surface area contributed by atoms with E-state index in [1.165, 1.54) is 7.11 Å². The summed E-state index contributed by atoms with van der Waals surface area (Å²) < 4.78 is 9.76. The van der Waals surface area contributed by atoms with Crippen molar-refractivity contribution in [2.45, 2.75) is 6.54 Å². The summed E-state index contributed by atoms with van der Waals surface area (Å²) in [6.45, 7) is 0.508. The monoisotopic (exact) mass is 280 g/mol. The van der Waals surface area contributed by atoms with Gasteiger partial charge in [0.2, 0.25) is 0 Å². The smallest absolute Gasteiger partial charge is 0.411 e. The van der Waals surface area contributed by atoms with Crippen molar-refractivity contribution in [2.75, 3.05) is 17.7 Å². The summed E-state index contributed by atoms with van der Waals surface area (Å²) in [5, 5.41) is 6.11. The molecule has 6 heteroatoms. The van der Waals surface area contributed by atoms with Gasteiger partial charge in [-0.2, -0.15) is 0 Å². The lowest BCUT2D eigenvalue weighted by Crippen LogP contribution is -2.11. The van der Waals surface area contributed by atoms with E-state index in [4.69, 9.17) is 16.0 Å². The number of carbonyl (C=O) groups excluding carboxylic acids is 1. The zero-order valence-corrected chi connectivity index (χ0v) is 11.0. The van der Waals surface area contributed by atoms with Gasteiger partial charge in [0.05, 0.1) is 13.7 Å². The maximum absolute atomic E-state index is 11.1. The van der Waals surface area contributed by atoms with Crippen molar-refractivity contribution >= 4 is 29.1 Å². The van der Waals surface area contributed by atoms with Crippen LogP contribution in [-0.2, 0) is 11.3 Å². The number of furan rings is 1. The van der Waals surface area contributed by atoms with Crippen LogP contribution >= 0.6 is 11.6 Å². The van der Waals surface area contributed by atoms with Crippen LogP contribution in [0.3, 0.4) is 0 Å². The Kier molecular flexibility index (Phi) is 4.30. The predicted octanol–water partition coefficient (Wildman–Crippen LogP) is 3.72. The van der Waals surface area contributed by atoms with Crippen molar-refractivity contribution in [2.24, 2.45) is 0 Å². The third-order valence-corrected chi connectivity index (χ3v) is 2.59. The van der Waals surface area contributed by atoms with Gasteiger partial charge < -0.3 is 14.5 Å². The maximum Gasteiger partial charge on any atom is 0.411 e. The molecule has 5 nitrogen and oxygen atoms in total. The molecule has 19 heavy (non-hydrogen) atoms. The Labute approximate surface area is 115 Å². The van der Waals surface area contributed by atoms with Crippen molar-refractivity contribution in [3.8, 4) is 0 Å². The van der Waals surface area contributed by atoms with Crippen LogP contribution in [0.5, 0.6) is 0 Å². The molecule has 0 bridgehead atoms. The molecule has 0 unspecified atom stereocenters. The normalized spacial score (nSPS) is 10.0. The average Bonchev–Trinajstić information content (AvgIpc) is 2.82. The van der Waals surface area contributed by atoms with E-state index in [9.17, 15) is 4.79 Å². The zero-order chi connectivity index (χ0) is 13.7. The SMILES string of the molecule is COC(=O)Nc1cccc(NCc2ccc(Cl)o2)c1. The molecule has 0 aliphatic heterocycles. The van der Waals surface area contributed by atoms with Crippen LogP contribution < -0.4 is 10.6 Å². The van der Waals surface area contributed by atoms with Crippen LogP contribution in [0, 0.1) is 0 Å². The van der Waals surface area contributed by atoms with Gasteiger partial charge in [-0.15, -0.1) is 0 Å². The lowest BCUT2D eigenvalue weighted by atomic mass is 10.2. The standard InChI is InChI=1S/C13H13ClN2O3/c1-18-13(17)16-10-4-2-3-9(7-10)15-8-11-5-6-12(14)19-11/h2-7,15H,8H2,1H3,(H,16,17). The van der Waals surface area contributed by atoms with Gasteiger partial charge in [-0.25, -0.2) is 4.79 Å². The molecule has 2 aromatic rings. The van der Waals surface area contributed by atoms with Gasteiger partial charge in [0, 0.05) is 11.4 Å². The molecule has 0 aliphatic rings. The Morgan fingerprint density at radius 2 is 2.11 bits per heavy atom. The van der Waals surface area contributed by atoms with Gasteiger partial charge in [-0.05, 0) is 41.9 Å². The number of benzene rings is 1. The Hall–Kier alpha value is -2.14. The molecular formula is C13H13ClN2O3. The van der Waals surface area contributed by atoms with Crippen LogP contribution in [0.4, 0.5) is 16.2 Å². The van der Waals surface area contributed by atoms with Gasteiger partial charge in [0.25, 0.3) is 0 Å². The molecule has 0 fully saturated rings. The molecular weight excluding hydrogens is 268 g/mol. The predicted molar refractivity (Wildman–Crippen MR) is 73.5 cm³/mol. The number of carbonyl (C=O) groups is 1. The number of rotatable bonds is 4. The minimum absolute atomic E-state index is 0.359. The van der Waals surface area contributed by atoms with E-state index >= 15 is 0 Å². The molecule has 0 aliphatic carbocycles. The Balaban J connectivity index is 1.97. The van der Waals surface area contributed by atoms with Gasteiger partial charge in [0.15, 0.2) is 5.22 Å². The highest BCUT2D eigenvalue weighted by Crippen LogP contribution is 2.18. The average molecular weight is 281 g/mol. The summed E-state index contributed by atoms with van der Waals surface area (Å²) >= 11 is 5.68. The van der Waals surface area contributed by atoms with E-state index in [1.807, 2.05) is 12.1 Å². The maximum atomic E-state index is 11.1. The lowest BCUT2D eigenvalue weighted by molar-refractivity contribution is 0.187. The minimum Gasteiger partial charge on any atom is -0.453 e. The molecule has 0 atom stereocenters. The first kappa shape index (κ1) is 13.3. The number of halogens is 1. The zero-order valence-electron chi connectivity index (χ0n) is 10.3. The summed E-state index contributed by atoms with van der Waals surface area (Å²) in [6, 6.07) is 10.8. The fourth-order valence-corrected chi connectivity index (χ4v) is 1.67. The molecule has 1 aromatic heterocycles. The van der Waals surface area contributed by atoms with Crippen molar-refractivity contribution in [1.29, 1.82) is 0 Å². The molecule has 1 heterocycles. The van der Waals surface area contributed by atoms with Crippen molar-refractivity contribution in [3.05, 3.63) is 47.4 Å². The summed E-state index contributed by atoms with van der Waals surface area (Å²) in [7, 11) is 1.32. The van der Waals surface area contributed by atoms with E-state index in [-0.39, 0.29) is 0 Å². The number of nitrogens with one attached hydrogen (secondary N) is 2. The largest absolute Gasteiger partial charge is 0.453 e. The second-order valence-electron chi connectivity index (χ2n) is 3.76. The Bertz CT molecular complexity index is 569. The van der Waals surface area contributed by atoms with Crippen LogP contribution in [0.1, 0.15) is 5.76 Å². The van der Waals surface area contributed by atoms with Crippen LogP contribution in [0.25, 0.3) is 0 Å². The molecule has 100 valence electrons. The summed E-state index contributed by atoms with van der Waals surface area (Å²) in [4.78, 5) is 11.1.